The summed E-state index contributed by atoms with van der Waals surface area (Å²) in [7, 11) is 0. The van der Waals surface area contributed by atoms with E-state index >= 15 is 0 Å². The molecule has 30 heavy (non-hydrogen) atoms. The SMILES string of the molecule is CCCCCCCCCCCCCCCCCCCC1OC1C(C)(C)CCC.Cl.N. The maximum absolute atomic E-state index is 5.96. The van der Waals surface area contributed by atoms with Crippen molar-refractivity contribution in [2.45, 2.75) is 168 Å². The van der Waals surface area contributed by atoms with Gasteiger partial charge in [-0.25, -0.2) is 0 Å². The van der Waals surface area contributed by atoms with E-state index in [1.165, 1.54) is 128 Å². The summed E-state index contributed by atoms with van der Waals surface area (Å²) in [5, 5.41) is 0. The average Bonchev–Trinajstić information content (AvgIpc) is 3.45. The Morgan fingerprint density at radius 2 is 0.933 bits per heavy atom. The summed E-state index contributed by atoms with van der Waals surface area (Å²) < 4.78 is 5.96. The molecule has 1 saturated heterocycles. The van der Waals surface area contributed by atoms with Crippen LogP contribution in [0.5, 0.6) is 0 Å². The van der Waals surface area contributed by atoms with E-state index in [0.717, 1.165) is 0 Å². The van der Waals surface area contributed by atoms with Crippen LogP contribution in [0, 0.1) is 5.41 Å². The number of hydrogen-bond donors (Lipinski definition) is 1. The quantitative estimate of drug-likeness (QED) is 0.140. The topological polar surface area (TPSA) is 47.5 Å². The standard InChI is InChI=1S/C27H54O.ClH.H3N/c1-5-7-8-9-10-11-12-13-14-15-16-17-18-19-20-21-22-23-25-26(28-25)27(3,4)24-6-2;;/h25-26H,5-24H2,1-4H3;1H;1H3. The number of hydrogen-bond acceptors (Lipinski definition) is 2. The van der Waals surface area contributed by atoms with Gasteiger partial charge in [0, 0.05) is 0 Å². The Bertz CT molecular complexity index is 348. The third-order valence-corrected chi connectivity index (χ3v) is 6.84. The summed E-state index contributed by atoms with van der Waals surface area (Å²) in [4.78, 5) is 0. The first-order valence-corrected chi connectivity index (χ1v) is 13.3. The predicted octanol–water partition coefficient (Wildman–Crippen LogP) is 10.2. The molecule has 0 radical (unpaired) electrons. The molecule has 0 amide bonds. The van der Waals surface area contributed by atoms with E-state index in [9.17, 15) is 0 Å². The van der Waals surface area contributed by atoms with Crippen LogP contribution in [0.25, 0.3) is 0 Å². The maximum atomic E-state index is 5.96. The smallest absolute Gasteiger partial charge is 0.0892 e. The number of halogens is 1. The molecule has 0 saturated carbocycles. The lowest BCUT2D eigenvalue weighted by Gasteiger charge is -2.21. The summed E-state index contributed by atoms with van der Waals surface area (Å²) >= 11 is 0. The molecule has 2 atom stereocenters. The van der Waals surface area contributed by atoms with Gasteiger partial charge in [0.15, 0.2) is 0 Å². The van der Waals surface area contributed by atoms with Gasteiger partial charge in [-0.1, -0.05) is 143 Å². The van der Waals surface area contributed by atoms with E-state index in [1.54, 1.807) is 0 Å². The van der Waals surface area contributed by atoms with Gasteiger partial charge in [-0.15, -0.1) is 12.4 Å². The fraction of sp³-hybridized carbons (Fsp3) is 1.00. The first kappa shape index (κ1) is 32.4. The lowest BCUT2D eigenvalue weighted by Crippen LogP contribution is -2.20. The van der Waals surface area contributed by atoms with Gasteiger partial charge >= 0.3 is 0 Å². The molecule has 1 rings (SSSR count). The van der Waals surface area contributed by atoms with E-state index in [-0.39, 0.29) is 18.6 Å². The third-order valence-electron chi connectivity index (χ3n) is 6.84. The van der Waals surface area contributed by atoms with Crippen LogP contribution < -0.4 is 6.15 Å². The largest absolute Gasteiger partial charge is 0.369 e. The second-order valence-corrected chi connectivity index (χ2v) is 10.3. The molecule has 0 aromatic rings. The summed E-state index contributed by atoms with van der Waals surface area (Å²) in [6.45, 7) is 9.36. The van der Waals surface area contributed by atoms with Gasteiger partial charge in [-0.2, -0.15) is 0 Å². The Hall–Kier alpha value is 0.210. The Morgan fingerprint density at radius 3 is 1.30 bits per heavy atom. The second kappa shape index (κ2) is 21.1. The van der Waals surface area contributed by atoms with Crippen LogP contribution in [0.15, 0.2) is 0 Å². The Labute approximate surface area is 197 Å². The van der Waals surface area contributed by atoms with Crippen molar-refractivity contribution >= 4 is 12.4 Å². The molecule has 0 aromatic carbocycles. The van der Waals surface area contributed by atoms with E-state index in [1.807, 2.05) is 0 Å². The number of unbranched alkanes of at least 4 members (excludes halogenated alkanes) is 16. The monoisotopic (exact) mass is 447 g/mol. The van der Waals surface area contributed by atoms with Crippen molar-refractivity contribution in [3.05, 3.63) is 0 Å². The first-order chi connectivity index (χ1) is 13.6. The van der Waals surface area contributed by atoms with E-state index < -0.39 is 0 Å². The van der Waals surface area contributed by atoms with E-state index in [0.29, 0.717) is 17.6 Å². The first-order valence-electron chi connectivity index (χ1n) is 13.3. The van der Waals surface area contributed by atoms with Gasteiger partial charge < -0.3 is 10.9 Å². The number of ether oxygens (including phenoxy) is 1. The Morgan fingerprint density at radius 1 is 0.567 bits per heavy atom. The van der Waals surface area contributed by atoms with Gasteiger partial charge in [0.05, 0.1) is 12.2 Å². The molecule has 2 unspecified atom stereocenters. The maximum Gasteiger partial charge on any atom is 0.0892 e. The van der Waals surface area contributed by atoms with Gasteiger partial charge in [0.25, 0.3) is 0 Å². The van der Waals surface area contributed by atoms with Crippen molar-refractivity contribution in [2.24, 2.45) is 5.41 Å². The van der Waals surface area contributed by atoms with Crippen LogP contribution in [0.3, 0.4) is 0 Å². The van der Waals surface area contributed by atoms with E-state index in [4.69, 9.17) is 4.74 Å². The van der Waals surface area contributed by atoms with Crippen molar-refractivity contribution in [2.75, 3.05) is 0 Å². The molecule has 1 heterocycles. The van der Waals surface area contributed by atoms with Crippen molar-refractivity contribution in [3.63, 3.8) is 0 Å². The number of rotatable bonds is 21. The lowest BCUT2D eigenvalue weighted by atomic mass is 9.82. The third kappa shape index (κ3) is 16.8. The van der Waals surface area contributed by atoms with Gasteiger partial charge in [0.2, 0.25) is 0 Å². The molecule has 2 nitrogen and oxygen atoms in total. The van der Waals surface area contributed by atoms with Crippen molar-refractivity contribution < 1.29 is 4.74 Å². The molecule has 1 fully saturated rings. The Kier molecular flexibility index (Phi) is 22.8. The minimum absolute atomic E-state index is 0. The molecule has 3 heteroatoms. The lowest BCUT2D eigenvalue weighted by molar-refractivity contribution is 0.223. The molecule has 0 aromatic heterocycles. The van der Waals surface area contributed by atoms with Crippen LogP contribution in [-0.4, -0.2) is 12.2 Å². The highest BCUT2D eigenvalue weighted by molar-refractivity contribution is 5.85. The molecule has 1 aliphatic heterocycles. The van der Waals surface area contributed by atoms with Crippen LogP contribution in [-0.2, 0) is 4.74 Å². The second-order valence-electron chi connectivity index (χ2n) is 10.3. The minimum Gasteiger partial charge on any atom is -0.369 e. The Balaban J connectivity index is 0. The predicted molar refractivity (Wildman–Crippen MR) is 138 cm³/mol. The zero-order valence-corrected chi connectivity index (χ0v) is 22.1. The minimum atomic E-state index is 0. The van der Waals surface area contributed by atoms with Crippen LogP contribution in [0.1, 0.15) is 156 Å². The average molecular weight is 448 g/mol. The zero-order chi connectivity index (χ0) is 20.5. The molecular weight excluding hydrogens is 390 g/mol. The van der Waals surface area contributed by atoms with E-state index in [2.05, 4.69) is 27.7 Å². The molecule has 0 aliphatic carbocycles. The van der Waals surface area contributed by atoms with Crippen LogP contribution >= 0.6 is 12.4 Å². The fourth-order valence-corrected chi connectivity index (χ4v) is 4.91. The van der Waals surface area contributed by atoms with Crippen LogP contribution in [0.2, 0.25) is 0 Å². The fourth-order valence-electron chi connectivity index (χ4n) is 4.91. The van der Waals surface area contributed by atoms with Crippen molar-refractivity contribution in [1.29, 1.82) is 0 Å². The zero-order valence-electron chi connectivity index (χ0n) is 21.3. The van der Waals surface area contributed by atoms with Gasteiger partial charge in [-0.3, -0.25) is 0 Å². The summed E-state index contributed by atoms with van der Waals surface area (Å²) in [6.07, 6.45) is 29.7. The number of epoxide rings is 1. The molecule has 0 bridgehead atoms. The van der Waals surface area contributed by atoms with Crippen molar-refractivity contribution in [1.82, 2.24) is 6.15 Å². The molecule has 3 N–H and O–H groups in total. The van der Waals surface area contributed by atoms with Gasteiger partial charge in [-0.05, 0) is 18.3 Å². The highest BCUT2D eigenvalue weighted by Gasteiger charge is 2.48. The molecule has 0 spiro atoms. The highest BCUT2D eigenvalue weighted by Crippen LogP contribution is 2.43. The van der Waals surface area contributed by atoms with Crippen molar-refractivity contribution in [3.8, 4) is 0 Å². The summed E-state index contributed by atoms with van der Waals surface area (Å²) in [5.74, 6) is 0. The summed E-state index contributed by atoms with van der Waals surface area (Å²) in [6, 6.07) is 0. The van der Waals surface area contributed by atoms with Gasteiger partial charge in [0.1, 0.15) is 0 Å². The molecule has 1 aliphatic rings. The van der Waals surface area contributed by atoms with Crippen LogP contribution in [0.4, 0.5) is 0 Å². The molecular formula is C27H58ClNO. The normalized spacial score (nSPS) is 18.0. The summed E-state index contributed by atoms with van der Waals surface area (Å²) in [5.41, 5.74) is 0.397. The highest BCUT2D eigenvalue weighted by atomic mass is 35.5. The molecule has 184 valence electrons.